The predicted octanol–water partition coefficient (Wildman–Crippen LogP) is 1.42. The Bertz CT molecular complexity index is 821. The molecule has 2 atom stereocenters. The number of likely N-dealkylation sites (tertiary alicyclic amines) is 1. The van der Waals surface area contributed by atoms with Gasteiger partial charge in [0.05, 0.1) is 6.04 Å². The van der Waals surface area contributed by atoms with Crippen LogP contribution < -0.4 is 5.32 Å². The molecular formula is C20H23FN4O3. The molecular weight excluding hydrogens is 363 g/mol. The number of hydrazone groups is 1. The lowest BCUT2D eigenvalue weighted by atomic mass is 9.85. The van der Waals surface area contributed by atoms with Crippen molar-refractivity contribution in [2.75, 3.05) is 20.1 Å². The van der Waals surface area contributed by atoms with Crippen LogP contribution in [0.4, 0.5) is 4.39 Å². The zero-order valence-electron chi connectivity index (χ0n) is 15.7. The van der Waals surface area contributed by atoms with E-state index in [4.69, 9.17) is 0 Å². The van der Waals surface area contributed by atoms with Crippen molar-refractivity contribution in [3.05, 3.63) is 48.3 Å². The molecule has 1 aromatic carbocycles. The molecule has 28 heavy (non-hydrogen) atoms. The third-order valence-electron chi connectivity index (χ3n) is 5.17. The largest absolute Gasteiger partial charge is 0.347 e. The maximum atomic E-state index is 13.3. The average Bonchev–Trinajstić information content (AvgIpc) is 2.70. The van der Waals surface area contributed by atoms with Crippen LogP contribution >= 0.6 is 0 Å². The Kier molecular flexibility index (Phi) is 5.87. The quantitative estimate of drug-likeness (QED) is 0.795. The minimum Gasteiger partial charge on any atom is -0.347 e. The maximum Gasteiger partial charge on any atom is 0.270 e. The highest BCUT2D eigenvalue weighted by Gasteiger charge is 2.35. The molecule has 7 nitrogen and oxygen atoms in total. The van der Waals surface area contributed by atoms with Crippen molar-refractivity contribution >= 4 is 23.4 Å². The number of carbonyl (C=O) groups is 3. The van der Waals surface area contributed by atoms with Gasteiger partial charge >= 0.3 is 0 Å². The van der Waals surface area contributed by atoms with Crippen molar-refractivity contribution in [2.45, 2.75) is 31.2 Å². The molecule has 3 amide bonds. The van der Waals surface area contributed by atoms with E-state index < -0.39 is 0 Å². The fraction of sp³-hybridized carbons (Fsp3) is 0.400. The van der Waals surface area contributed by atoms with Gasteiger partial charge in [-0.2, -0.15) is 5.10 Å². The van der Waals surface area contributed by atoms with Gasteiger partial charge in [-0.25, -0.2) is 9.40 Å². The summed E-state index contributed by atoms with van der Waals surface area (Å²) in [6, 6.07) is 5.86. The molecule has 1 N–H and O–H groups in total. The summed E-state index contributed by atoms with van der Waals surface area (Å²) in [6.07, 6.45) is 2.36. The number of carbonyl (C=O) groups excluding carboxylic acids is 3. The Balaban J connectivity index is 1.78. The molecule has 3 rings (SSSR count). The monoisotopic (exact) mass is 386 g/mol. The van der Waals surface area contributed by atoms with Gasteiger partial charge in [-0.3, -0.25) is 14.4 Å². The molecule has 0 bridgehead atoms. The molecule has 2 aliphatic rings. The van der Waals surface area contributed by atoms with Crippen molar-refractivity contribution in [2.24, 2.45) is 5.10 Å². The predicted molar refractivity (Wildman–Crippen MR) is 102 cm³/mol. The van der Waals surface area contributed by atoms with Crippen LogP contribution in [0.3, 0.4) is 0 Å². The van der Waals surface area contributed by atoms with Crippen LogP contribution in [0.2, 0.25) is 0 Å². The van der Waals surface area contributed by atoms with E-state index in [-0.39, 0.29) is 41.9 Å². The van der Waals surface area contributed by atoms with Gasteiger partial charge in [-0.15, -0.1) is 0 Å². The number of piperidine rings is 1. The van der Waals surface area contributed by atoms with E-state index in [0.29, 0.717) is 31.6 Å². The Morgan fingerprint density at radius 1 is 1.29 bits per heavy atom. The number of amides is 3. The number of nitrogens with zero attached hydrogens (tertiary/aromatic N) is 3. The van der Waals surface area contributed by atoms with E-state index in [1.807, 2.05) is 0 Å². The van der Waals surface area contributed by atoms with Gasteiger partial charge in [0.25, 0.3) is 5.91 Å². The first-order valence-electron chi connectivity index (χ1n) is 9.20. The smallest absolute Gasteiger partial charge is 0.270 e. The van der Waals surface area contributed by atoms with E-state index in [2.05, 4.69) is 17.0 Å². The molecule has 2 heterocycles. The van der Waals surface area contributed by atoms with Crippen molar-refractivity contribution < 1.29 is 18.8 Å². The molecule has 0 unspecified atom stereocenters. The second kappa shape index (κ2) is 8.33. The molecule has 1 saturated heterocycles. The third-order valence-corrected chi connectivity index (χ3v) is 5.17. The van der Waals surface area contributed by atoms with E-state index in [9.17, 15) is 18.8 Å². The molecule has 0 aliphatic carbocycles. The SMILES string of the molecule is C=CC(=O)N[C@H]1CN(C(=O)C2=NN(C)C(=O)CC2)CC[C@@H]1c1ccc(F)cc1. The first-order chi connectivity index (χ1) is 13.4. The van der Waals surface area contributed by atoms with Gasteiger partial charge in [-0.05, 0) is 30.2 Å². The minimum absolute atomic E-state index is 0.0499. The van der Waals surface area contributed by atoms with Gasteiger partial charge in [0.2, 0.25) is 11.8 Å². The molecule has 2 aliphatic heterocycles. The van der Waals surface area contributed by atoms with E-state index in [0.717, 1.165) is 5.56 Å². The van der Waals surface area contributed by atoms with Gasteiger partial charge in [0.1, 0.15) is 11.5 Å². The Hall–Kier alpha value is -3.03. The summed E-state index contributed by atoms with van der Waals surface area (Å²) in [6.45, 7) is 4.27. The number of hydrogen-bond donors (Lipinski definition) is 1. The fourth-order valence-corrected chi connectivity index (χ4v) is 3.64. The van der Waals surface area contributed by atoms with Crippen LogP contribution in [0, 0.1) is 5.82 Å². The lowest BCUT2D eigenvalue weighted by Crippen LogP contribution is -2.54. The minimum atomic E-state index is -0.336. The highest BCUT2D eigenvalue weighted by Crippen LogP contribution is 2.29. The van der Waals surface area contributed by atoms with Gasteiger partial charge in [0, 0.05) is 38.9 Å². The summed E-state index contributed by atoms with van der Waals surface area (Å²) in [7, 11) is 1.53. The Morgan fingerprint density at radius 3 is 2.64 bits per heavy atom. The highest BCUT2D eigenvalue weighted by molar-refractivity contribution is 6.39. The van der Waals surface area contributed by atoms with Gasteiger partial charge < -0.3 is 10.2 Å². The number of benzene rings is 1. The topological polar surface area (TPSA) is 82.1 Å². The summed E-state index contributed by atoms with van der Waals surface area (Å²) in [5, 5.41) is 8.17. The van der Waals surface area contributed by atoms with E-state index in [1.54, 1.807) is 17.0 Å². The standard InChI is InChI=1S/C20H23FN4O3/c1-3-18(26)22-17-12-25(20(28)16-8-9-19(27)24(2)23-16)11-10-15(17)13-4-6-14(21)7-5-13/h3-7,15,17H,1,8-12H2,2H3,(H,22,26)/t15-,17+/m1/s1. The Morgan fingerprint density at radius 2 is 2.00 bits per heavy atom. The van der Waals surface area contributed by atoms with Crippen LogP contribution in [-0.4, -0.2) is 59.5 Å². The molecule has 1 fully saturated rings. The molecule has 0 radical (unpaired) electrons. The van der Waals surface area contributed by atoms with Crippen LogP contribution in [0.5, 0.6) is 0 Å². The zero-order chi connectivity index (χ0) is 20.3. The second-order valence-electron chi connectivity index (χ2n) is 6.98. The summed E-state index contributed by atoms with van der Waals surface area (Å²) in [5.41, 5.74) is 1.25. The molecule has 148 valence electrons. The van der Waals surface area contributed by atoms with Crippen molar-refractivity contribution in [3.63, 3.8) is 0 Å². The first-order valence-corrected chi connectivity index (χ1v) is 9.20. The molecule has 0 saturated carbocycles. The highest BCUT2D eigenvalue weighted by atomic mass is 19.1. The molecule has 8 heteroatoms. The number of hydrogen-bond acceptors (Lipinski definition) is 4. The first kappa shape index (κ1) is 19.7. The van der Waals surface area contributed by atoms with Crippen LogP contribution in [-0.2, 0) is 14.4 Å². The lowest BCUT2D eigenvalue weighted by molar-refractivity contribution is -0.131. The van der Waals surface area contributed by atoms with Crippen molar-refractivity contribution in [3.8, 4) is 0 Å². The lowest BCUT2D eigenvalue weighted by Gasteiger charge is -2.39. The van der Waals surface area contributed by atoms with Crippen molar-refractivity contribution in [1.29, 1.82) is 0 Å². The zero-order valence-corrected chi connectivity index (χ0v) is 15.7. The summed E-state index contributed by atoms with van der Waals surface area (Å²) >= 11 is 0. The summed E-state index contributed by atoms with van der Waals surface area (Å²) < 4.78 is 13.3. The Labute approximate surface area is 162 Å². The molecule has 0 spiro atoms. The molecule has 1 aromatic rings. The van der Waals surface area contributed by atoms with Gasteiger partial charge in [-0.1, -0.05) is 18.7 Å². The second-order valence-corrected chi connectivity index (χ2v) is 6.98. The van der Waals surface area contributed by atoms with E-state index >= 15 is 0 Å². The van der Waals surface area contributed by atoms with Crippen LogP contribution in [0.15, 0.2) is 42.0 Å². The number of halogens is 1. The van der Waals surface area contributed by atoms with Crippen LogP contribution in [0.25, 0.3) is 0 Å². The summed E-state index contributed by atoms with van der Waals surface area (Å²) in [4.78, 5) is 38.0. The number of rotatable bonds is 4. The van der Waals surface area contributed by atoms with Gasteiger partial charge in [0.15, 0.2) is 0 Å². The normalized spacial score (nSPS) is 22.5. The number of nitrogens with one attached hydrogen (secondary N) is 1. The van der Waals surface area contributed by atoms with E-state index in [1.165, 1.54) is 30.3 Å². The van der Waals surface area contributed by atoms with Crippen LogP contribution in [0.1, 0.15) is 30.7 Å². The molecule has 0 aromatic heterocycles. The average molecular weight is 386 g/mol. The van der Waals surface area contributed by atoms with Crippen molar-refractivity contribution in [1.82, 2.24) is 15.2 Å². The summed E-state index contributed by atoms with van der Waals surface area (Å²) in [5.74, 6) is -1.05. The fourth-order valence-electron chi connectivity index (χ4n) is 3.64. The maximum absolute atomic E-state index is 13.3. The third kappa shape index (κ3) is 4.27.